The van der Waals surface area contributed by atoms with E-state index < -0.39 is 5.41 Å². The standard InChI is InChI=1S/C23H30N2O4.C22H28N2O3.C7H8.3CH4.H2/c1-16(26)8-11-23(13-15-28-2,12-9-20(27)29-3)22-21-18(10-14-24-22)17-6-4-5-7-19(17)25-21;1-15(25)7-10-22(12-14-27-2)11-8-19(26)24-13-9-17-16-5-3-4-6-18(16)23-20(17)21(22)24;1-7-5-3-2-4-6-7;;;;/h4-7,25H,8-15H2,1-3H3;3-6,21,23H,7-14H2,1-2H3;2-6H,1H3;3*1H4;1H/t;21-,22-;;;;;/m.1...../s1. The van der Waals surface area contributed by atoms with E-state index in [1.807, 2.05) is 36.4 Å². The van der Waals surface area contributed by atoms with E-state index in [2.05, 4.69) is 64.3 Å². The summed E-state index contributed by atoms with van der Waals surface area (Å²) >= 11 is 0. The van der Waals surface area contributed by atoms with Gasteiger partial charge in [-0.05, 0) is 101 Å². The van der Waals surface area contributed by atoms with Crippen LogP contribution in [0.15, 0.2) is 83.9 Å². The lowest BCUT2D eigenvalue weighted by molar-refractivity contribution is -0.147. The molecule has 66 heavy (non-hydrogen) atoms. The Hall–Kier alpha value is -5.39. The minimum atomic E-state index is -0.425. The van der Waals surface area contributed by atoms with Gasteiger partial charge in [0.2, 0.25) is 5.91 Å². The summed E-state index contributed by atoms with van der Waals surface area (Å²) < 4.78 is 15.7. The first kappa shape index (κ1) is 54.9. The van der Waals surface area contributed by atoms with Gasteiger partial charge in [0.05, 0.1) is 24.6 Å². The topological polar surface area (TPSA) is 143 Å². The fourth-order valence-corrected chi connectivity index (χ4v) is 10.0. The second-order valence-electron chi connectivity index (χ2n) is 17.6. The molecule has 11 nitrogen and oxygen atoms in total. The van der Waals surface area contributed by atoms with Crippen molar-refractivity contribution in [1.82, 2.24) is 14.9 Å². The van der Waals surface area contributed by atoms with Crippen LogP contribution in [0.25, 0.3) is 21.8 Å². The van der Waals surface area contributed by atoms with E-state index in [0.29, 0.717) is 58.3 Å². The van der Waals surface area contributed by atoms with Crippen LogP contribution < -0.4 is 0 Å². The number of H-pyrrole nitrogens is 2. The molecule has 3 aliphatic rings. The van der Waals surface area contributed by atoms with Crippen molar-refractivity contribution in [1.29, 1.82) is 0 Å². The van der Waals surface area contributed by atoms with E-state index in [1.165, 1.54) is 40.3 Å². The first-order chi connectivity index (χ1) is 30.5. The third-order valence-electron chi connectivity index (χ3n) is 13.5. The van der Waals surface area contributed by atoms with Crippen LogP contribution in [0.2, 0.25) is 0 Å². The highest BCUT2D eigenvalue weighted by Gasteiger charge is 2.50. The lowest BCUT2D eigenvalue weighted by atomic mass is 9.65. The molecule has 0 radical (unpaired) electrons. The van der Waals surface area contributed by atoms with Gasteiger partial charge in [-0.3, -0.25) is 14.6 Å². The minimum absolute atomic E-state index is 0. The number of para-hydroxylation sites is 2. The molecular weight excluding hydrogens is 829 g/mol. The van der Waals surface area contributed by atoms with Crippen molar-refractivity contribution in [2.75, 3.05) is 47.6 Å². The van der Waals surface area contributed by atoms with E-state index in [9.17, 15) is 19.2 Å². The van der Waals surface area contributed by atoms with Gasteiger partial charge < -0.3 is 38.7 Å². The number of esters is 1. The van der Waals surface area contributed by atoms with Crippen LogP contribution in [0, 0.1) is 17.8 Å². The summed E-state index contributed by atoms with van der Waals surface area (Å²) in [4.78, 5) is 62.6. The molecule has 8 rings (SSSR count). The van der Waals surface area contributed by atoms with Crippen molar-refractivity contribution in [3.05, 3.63) is 107 Å². The van der Waals surface area contributed by atoms with Gasteiger partial charge in [-0.2, -0.15) is 0 Å². The number of ether oxygens (including phenoxy) is 3. The van der Waals surface area contributed by atoms with E-state index in [1.54, 1.807) is 28.1 Å². The number of carbonyl (C=O) groups excluding carboxylic acids is 4. The summed E-state index contributed by atoms with van der Waals surface area (Å²) in [6, 6.07) is 26.9. The number of Topliss-reactive ketones (excluding diaryl/α,β-unsaturated/α-hetero) is 2. The molecule has 2 N–H and O–H groups in total. The smallest absolute Gasteiger partial charge is 0.305 e. The largest absolute Gasteiger partial charge is 0.469 e. The fourth-order valence-electron chi connectivity index (χ4n) is 10.0. The lowest BCUT2D eigenvalue weighted by Gasteiger charge is -2.52. The summed E-state index contributed by atoms with van der Waals surface area (Å²) in [5.74, 6) is 0.337. The van der Waals surface area contributed by atoms with E-state index in [4.69, 9.17) is 19.2 Å². The maximum absolute atomic E-state index is 12.8. The van der Waals surface area contributed by atoms with Crippen molar-refractivity contribution in [3.8, 4) is 0 Å². The molecule has 2 aromatic heterocycles. The number of fused-ring (bicyclic) bond motifs is 8. The SMILES string of the molecule is C.C.C.COCCC(CCC(C)=O)(CCC(=O)OC)C1=NCCc2c1[nH]c1ccccc21.COCC[C@@]1(CCC(C)=O)CCC(=O)N2CCc3c([nH]c4ccccc34)[C@@H]21.Cc1ccccc1.[HH]. The quantitative estimate of drug-likeness (QED) is 0.0938. The van der Waals surface area contributed by atoms with Crippen molar-refractivity contribution in [2.45, 2.75) is 126 Å². The number of aromatic amines is 2. The normalized spacial score (nSPS) is 17.8. The number of rotatable bonds is 16. The number of hydrogen-bond acceptors (Lipinski definition) is 8. The second kappa shape index (κ2) is 25.5. The van der Waals surface area contributed by atoms with Crippen molar-refractivity contribution in [3.63, 3.8) is 0 Å². The van der Waals surface area contributed by atoms with Crippen LogP contribution >= 0.6 is 0 Å². The number of nitrogens with one attached hydrogen (secondary N) is 2. The highest BCUT2D eigenvalue weighted by molar-refractivity contribution is 6.09. The van der Waals surface area contributed by atoms with Crippen LogP contribution in [0.3, 0.4) is 0 Å². The number of ketones is 2. The molecular formula is C55H80N4O7. The average molecular weight is 909 g/mol. The van der Waals surface area contributed by atoms with Gasteiger partial charge >= 0.3 is 5.97 Å². The monoisotopic (exact) mass is 909 g/mol. The summed E-state index contributed by atoms with van der Waals surface area (Å²) in [5, 5.41) is 2.48. The van der Waals surface area contributed by atoms with Gasteiger partial charge in [-0.25, -0.2) is 0 Å². The number of hydrogen-bond donors (Lipinski definition) is 2. The van der Waals surface area contributed by atoms with E-state index >= 15 is 0 Å². The maximum atomic E-state index is 12.8. The first-order valence-electron chi connectivity index (χ1n) is 22.5. The zero-order valence-corrected chi connectivity index (χ0v) is 38.1. The molecule has 0 aliphatic carbocycles. The molecule has 0 spiro atoms. The maximum Gasteiger partial charge on any atom is 0.305 e. The highest BCUT2D eigenvalue weighted by Crippen LogP contribution is 2.54. The number of methoxy groups -OCH3 is 3. The zero-order chi connectivity index (χ0) is 45.0. The lowest BCUT2D eigenvalue weighted by Crippen LogP contribution is -2.52. The molecule has 1 saturated heterocycles. The highest BCUT2D eigenvalue weighted by atomic mass is 16.5. The Bertz CT molecular complexity index is 2390. The Balaban J connectivity index is 0.000000381. The average Bonchev–Trinajstić information content (AvgIpc) is 3.88. The number of benzene rings is 3. The Morgan fingerprint density at radius 3 is 1.95 bits per heavy atom. The number of nitrogens with zero attached hydrogens (tertiary/aromatic N) is 2. The third kappa shape index (κ3) is 12.7. The van der Waals surface area contributed by atoms with E-state index in [-0.39, 0.29) is 65.0 Å². The molecule has 0 saturated carbocycles. The van der Waals surface area contributed by atoms with Crippen LogP contribution in [0.5, 0.6) is 0 Å². The van der Waals surface area contributed by atoms with Crippen LogP contribution in [-0.4, -0.2) is 91.7 Å². The fraction of sp³-hybridized carbons (Fsp3) is 0.509. The molecule has 3 atom stereocenters. The molecule has 1 fully saturated rings. The molecule has 3 aromatic carbocycles. The molecule has 362 valence electrons. The minimum Gasteiger partial charge on any atom is -0.469 e. The summed E-state index contributed by atoms with van der Waals surface area (Å²) in [6.07, 6.45) is 7.99. The Labute approximate surface area is 396 Å². The van der Waals surface area contributed by atoms with Gasteiger partial charge in [0.15, 0.2) is 0 Å². The second-order valence-corrected chi connectivity index (χ2v) is 17.6. The van der Waals surface area contributed by atoms with Gasteiger partial charge in [-0.15, -0.1) is 0 Å². The van der Waals surface area contributed by atoms with Gasteiger partial charge in [-0.1, -0.05) is 94.6 Å². The number of aromatic nitrogens is 2. The number of carbonyl (C=O) groups is 4. The van der Waals surface area contributed by atoms with Gasteiger partial charge in [0.25, 0.3) is 0 Å². The Morgan fingerprint density at radius 2 is 1.35 bits per heavy atom. The first-order valence-corrected chi connectivity index (χ1v) is 22.5. The van der Waals surface area contributed by atoms with Crippen molar-refractivity contribution >= 4 is 51.0 Å². The van der Waals surface area contributed by atoms with Crippen LogP contribution in [-0.2, 0) is 46.2 Å². The molecule has 5 aromatic rings. The summed E-state index contributed by atoms with van der Waals surface area (Å²) in [7, 11) is 4.80. The molecule has 11 heteroatoms. The zero-order valence-electron chi connectivity index (χ0n) is 38.1. The van der Waals surface area contributed by atoms with Crippen molar-refractivity contribution in [2.24, 2.45) is 15.8 Å². The summed E-state index contributed by atoms with van der Waals surface area (Å²) in [6.45, 7) is 7.99. The molecule has 3 aliphatic heterocycles. The summed E-state index contributed by atoms with van der Waals surface area (Å²) in [5.41, 5.74) is 8.80. The Morgan fingerprint density at radius 1 is 0.742 bits per heavy atom. The number of aliphatic imine (C=N–C) groups is 1. The third-order valence-corrected chi connectivity index (χ3v) is 13.5. The van der Waals surface area contributed by atoms with Crippen LogP contribution in [0.1, 0.15) is 136 Å². The number of amides is 1. The predicted octanol–water partition coefficient (Wildman–Crippen LogP) is 11.8. The van der Waals surface area contributed by atoms with Crippen molar-refractivity contribution < 1.29 is 34.8 Å². The molecule has 5 heterocycles. The van der Waals surface area contributed by atoms with E-state index in [0.717, 1.165) is 61.1 Å². The number of piperidine rings is 1. The van der Waals surface area contributed by atoms with Crippen LogP contribution in [0.4, 0.5) is 0 Å². The predicted molar refractivity (Wildman–Crippen MR) is 272 cm³/mol. The molecule has 1 unspecified atom stereocenters. The number of aryl methyl sites for hydroxylation is 1. The molecule has 0 bridgehead atoms. The van der Waals surface area contributed by atoms with Gasteiger partial charge in [0, 0.05) is 101 Å². The Kier molecular flexibility index (Phi) is 21.2. The molecule has 1 amide bonds. The van der Waals surface area contributed by atoms with Gasteiger partial charge in [0.1, 0.15) is 11.6 Å².